The first kappa shape index (κ1) is 16.4. The van der Waals surface area contributed by atoms with Crippen molar-refractivity contribution in [3.63, 3.8) is 0 Å². The molecule has 0 aliphatic carbocycles. The predicted molar refractivity (Wildman–Crippen MR) is 96.9 cm³/mol. The number of carbonyl (C=O) groups is 1. The van der Waals surface area contributed by atoms with E-state index in [1.54, 1.807) is 0 Å². The first-order valence-electron chi connectivity index (χ1n) is 8.51. The Labute approximate surface area is 143 Å². The molecule has 4 nitrogen and oxygen atoms in total. The molecule has 3 rings (SSSR count). The lowest BCUT2D eigenvalue weighted by Gasteiger charge is -2.36. The first-order chi connectivity index (χ1) is 11.7. The number of anilines is 1. The molecule has 0 bridgehead atoms. The molecule has 0 unspecified atom stereocenters. The summed E-state index contributed by atoms with van der Waals surface area (Å²) in [7, 11) is 0. The van der Waals surface area contributed by atoms with Crippen LogP contribution in [0.25, 0.3) is 0 Å². The molecule has 1 saturated heterocycles. The van der Waals surface area contributed by atoms with Crippen molar-refractivity contribution in [1.82, 2.24) is 4.90 Å². The standard InChI is InChI=1S/C20H24N2O2/c1-3-24-19-9-5-7-17(15-19)20(23)22-12-10-21(11-13-22)18-8-4-6-16(2)14-18/h4-9,14-15H,3,10-13H2,1-2H3. The third-order valence-electron chi connectivity index (χ3n) is 4.33. The molecule has 0 spiro atoms. The topological polar surface area (TPSA) is 32.8 Å². The highest BCUT2D eigenvalue weighted by atomic mass is 16.5. The van der Waals surface area contributed by atoms with Crippen molar-refractivity contribution in [3.05, 3.63) is 59.7 Å². The van der Waals surface area contributed by atoms with Crippen LogP contribution in [0.5, 0.6) is 5.75 Å². The van der Waals surface area contributed by atoms with Gasteiger partial charge in [-0.3, -0.25) is 4.79 Å². The van der Waals surface area contributed by atoms with E-state index in [9.17, 15) is 4.79 Å². The van der Waals surface area contributed by atoms with Crippen LogP contribution in [0.15, 0.2) is 48.5 Å². The molecule has 1 fully saturated rings. The van der Waals surface area contributed by atoms with Gasteiger partial charge in [-0.25, -0.2) is 0 Å². The summed E-state index contributed by atoms with van der Waals surface area (Å²) in [6.07, 6.45) is 0. The number of benzene rings is 2. The van der Waals surface area contributed by atoms with Gasteiger partial charge < -0.3 is 14.5 Å². The van der Waals surface area contributed by atoms with Crippen molar-refractivity contribution in [2.75, 3.05) is 37.7 Å². The molecule has 4 heteroatoms. The van der Waals surface area contributed by atoms with Crippen molar-refractivity contribution in [1.29, 1.82) is 0 Å². The van der Waals surface area contributed by atoms with Crippen LogP contribution < -0.4 is 9.64 Å². The lowest BCUT2D eigenvalue weighted by atomic mass is 10.1. The SMILES string of the molecule is CCOc1cccc(C(=O)N2CCN(c3cccc(C)c3)CC2)c1. The van der Waals surface area contributed by atoms with E-state index >= 15 is 0 Å². The highest BCUT2D eigenvalue weighted by Crippen LogP contribution is 2.20. The second-order valence-electron chi connectivity index (χ2n) is 6.08. The Kier molecular flexibility index (Phi) is 5.04. The molecule has 0 atom stereocenters. The number of hydrogen-bond acceptors (Lipinski definition) is 3. The minimum atomic E-state index is 0.0837. The smallest absolute Gasteiger partial charge is 0.254 e. The lowest BCUT2D eigenvalue weighted by molar-refractivity contribution is 0.0746. The van der Waals surface area contributed by atoms with Gasteiger partial charge in [0.05, 0.1) is 6.61 Å². The summed E-state index contributed by atoms with van der Waals surface area (Å²) in [5.74, 6) is 0.835. The Morgan fingerprint density at radius 1 is 1.04 bits per heavy atom. The van der Waals surface area contributed by atoms with Gasteiger partial charge in [-0.05, 0) is 49.7 Å². The molecule has 2 aromatic carbocycles. The number of ether oxygens (including phenoxy) is 1. The van der Waals surface area contributed by atoms with Crippen LogP contribution in [0, 0.1) is 6.92 Å². The lowest BCUT2D eigenvalue weighted by Crippen LogP contribution is -2.48. The van der Waals surface area contributed by atoms with Gasteiger partial charge in [0.25, 0.3) is 5.91 Å². The molecule has 1 aliphatic heterocycles. The molecular formula is C20H24N2O2. The largest absolute Gasteiger partial charge is 0.494 e. The van der Waals surface area contributed by atoms with Crippen molar-refractivity contribution in [2.24, 2.45) is 0 Å². The van der Waals surface area contributed by atoms with Crippen LogP contribution in [-0.4, -0.2) is 43.6 Å². The fourth-order valence-electron chi connectivity index (χ4n) is 3.06. The molecule has 1 heterocycles. The van der Waals surface area contributed by atoms with Gasteiger partial charge in [-0.2, -0.15) is 0 Å². The predicted octanol–water partition coefficient (Wildman–Crippen LogP) is 3.36. The van der Waals surface area contributed by atoms with Crippen LogP contribution in [0.4, 0.5) is 5.69 Å². The third-order valence-corrected chi connectivity index (χ3v) is 4.33. The second kappa shape index (κ2) is 7.39. The minimum Gasteiger partial charge on any atom is -0.494 e. The number of amides is 1. The van der Waals surface area contributed by atoms with E-state index in [1.807, 2.05) is 36.1 Å². The van der Waals surface area contributed by atoms with Gasteiger partial charge >= 0.3 is 0 Å². The maximum Gasteiger partial charge on any atom is 0.254 e. The Hall–Kier alpha value is -2.49. The zero-order chi connectivity index (χ0) is 16.9. The maximum absolute atomic E-state index is 12.7. The van der Waals surface area contributed by atoms with Gasteiger partial charge in [-0.15, -0.1) is 0 Å². The molecule has 1 aliphatic rings. The summed E-state index contributed by atoms with van der Waals surface area (Å²) in [6, 6.07) is 16.0. The second-order valence-corrected chi connectivity index (χ2v) is 6.08. The van der Waals surface area contributed by atoms with Gasteiger partial charge in [0.15, 0.2) is 0 Å². The zero-order valence-corrected chi connectivity index (χ0v) is 14.4. The Morgan fingerprint density at radius 3 is 2.50 bits per heavy atom. The van der Waals surface area contributed by atoms with Crippen LogP contribution in [-0.2, 0) is 0 Å². The summed E-state index contributed by atoms with van der Waals surface area (Å²) in [5.41, 5.74) is 3.20. The summed E-state index contributed by atoms with van der Waals surface area (Å²) < 4.78 is 5.49. The van der Waals surface area contributed by atoms with E-state index in [0.29, 0.717) is 12.2 Å². The van der Waals surface area contributed by atoms with Crippen molar-refractivity contribution < 1.29 is 9.53 Å². The summed E-state index contributed by atoms with van der Waals surface area (Å²) in [6.45, 7) is 7.86. The molecule has 126 valence electrons. The monoisotopic (exact) mass is 324 g/mol. The van der Waals surface area contributed by atoms with Crippen LogP contribution >= 0.6 is 0 Å². The quantitative estimate of drug-likeness (QED) is 0.864. The molecule has 1 amide bonds. The minimum absolute atomic E-state index is 0.0837. The summed E-state index contributed by atoms with van der Waals surface area (Å²) in [5, 5.41) is 0. The molecule has 2 aromatic rings. The number of carbonyl (C=O) groups excluding carboxylic acids is 1. The molecule has 0 radical (unpaired) electrons. The van der Waals surface area contributed by atoms with Gasteiger partial charge in [0, 0.05) is 37.4 Å². The van der Waals surface area contributed by atoms with Crippen molar-refractivity contribution in [3.8, 4) is 5.75 Å². The number of aryl methyl sites for hydroxylation is 1. The number of hydrogen-bond donors (Lipinski definition) is 0. The average molecular weight is 324 g/mol. The molecular weight excluding hydrogens is 300 g/mol. The van der Waals surface area contributed by atoms with Crippen molar-refractivity contribution >= 4 is 11.6 Å². The fourth-order valence-corrected chi connectivity index (χ4v) is 3.06. The number of rotatable bonds is 4. The van der Waals surface area contributed by atoms with E-state index in [-0.39, 0.29) is 5.91 Å². The summed E-state index contributed by atoms with van der Waals surface area (Å²) in [4.78, 5) is 17.0. The Morgan fingerprint density at radius 2 is 1.79 bits per heavy atom. The third kappa shape index (κ3) is 3.70. The maximum atomic E-state index is 12.7. The number of piperazine rings is 1. The number of nitrogens with zero attached hydrogens (tertiary/aromatic N) is 2. The van der Waals surface area contributed by atoms with E-state index in [2.05, 4.69) is 36.1 Å². The van der Waals surface area contributed by atoms with Gasteiger partial charge in [-0.1, -0.05) is 18.2 Å². The van der Waals surface area contributed by atoms with Crippen LogP contribution in [0.1, 0.15) is 22.8 Å². The zero-order valence-electron chi connectivity index (χ0n) is 14.4. The Bertz CT molecular complexity index is 706. The molecule has 0 N–H and O–H groups in total. The van der Waals surface area contributed by atoms with E-state index in [4.69, 9.17) is 4.74 Å². The van der Waals surface area contributed by atoms with E-state index in [0.717, 1.165) is 31.9 Å². The van der Waals surface area contributed by atoms with Gasteiger partial charge in [0.2, 0.25) is 0 Å². The normalized spacial score (nSPS) is 14.6. The van der Waals surface area contributed by atoms with E-state index < -0.39 is 0 Å². The Balaban J connectivity index is 1.64. The molecule has 24 heavy (non-hydrogen) atoms. The van der Waals surface area contributed by atoms with Crippen LogP contribution in [0.2, 0.25) is 0 Å². The molecule has 0 aromatic heterocycles. The van der Waals surface area contributed by atoms with Gasteiger partial charge in [0.1, 0.15) is 5.75 Å². The van der Waals surface area contributed by atoms with Crippen LogP contribution in [0.3, 0.4) is 0 Å². The van der Waals surface area contributed by atoms with E-state index in [1.165, 1.54) is 11.3 Å². The average Bonchev–Trinajstić information content (AvgIpc) is 2.62. The summed E-state index contributed by atoms with van der Waals surface area (Å²) >= 11 is 0. The highest BCUT2D eigenvalue weighted by Gasteiger charge is 2.22. The highest BCUT2D eigenvalue weighted by molar-refractivity contribution is 5.94. The van der Waals surface area contributed by atoms with Crippen molar-refractivity contribution in [2.45, 2.75) is 13.8 Å². The first-order valence-corrected chi connectivity index (χ1v) is 8.51. The molecule has 0 saturated carbocycles. The fraction of sp³-hybridized carbons (Fsp3) is 0.350.